The Morgan fingerprint density at radius 1 is 1.08 bits per heavy atom. The van der Waals surface area contributed by atoms with Gasteiger partial charge in [0.1, 0.15) is 5.75 Å². The molecular weight excluding hydrogens is 275 g/mol. The first-order valence-electron chi connectivity index (χ1n) is 3.36. The molecule has 3 nitrogen and oxygen atoms in total. The van der Waals surface area contributed by atoms with Crippen molar-refractivity contribution < 1.29 is 15.7 Å². The van der Waals surface area contributed by atoms with E-state index < -0.39 is 0 Å². The molecule has 2 rings (SSSR count). The molecule has 0 fully saturated rings. The quantitative estimate of drug-likeness (QED) is 0.665. The van der Waals surface area contributed by atoms with E-state index in [1.807, 2.05) is 24.3 Å². The smallest absolute Gasteiger partial charge is 2.00 e. The van der Waals surface area contributed by atoms with Crippen molar-refractivity contribution >= 4 is 23.9 Å². The zero-order valence-electron chi connectivity index (χ0n) is 6.90. The van der Waals surface area contributed by atoms with E-state index in [2.05, 4.69) is 6.07 Å². The molecule has 0 atom stereocenters. The van der Waals surface area contributed by atoms with Gasteiger partial charge in [0.05, 0.1) is 6.26 Å². The largest absolute Gasteiger partial charge is 4.00 e. The molecule has 0 saturated carbocycles. The van der Waals surface area contributed by atoms with Crippen molar-refractivity contribution in [2.45, 2.75) is 6.42 Å². The van der Waals surface area contributed by atoms with Crippen LogP contribution in [-0.4, -0.2) is 23.9 Å². The average molecular weight is 283 g/mol. The van der Waals surface area contributed by atoms with Gasteiger partial charge < -0.3 is 15.7 Å². The van der Waals surface area contributed by atoms with Gasteiger partial charge in [-0.3, -0.25) is 0 Å². The van der Waals surface area contributed by atoms with Gasteiger partial charge in [-0.05, 0) is 24.1 Å². The topological polar surface area (TPSA) is 66.2 Å². The number of hydrogen-bond acceptors (Lipinski definition) is 1. The van der Waals surface area contributed by atoms with Gasteiger partial charge >= 0.3 is 23.9 Å². The van der Waals surface area contributed by atoms with E-state index in [-0.39, 0.29) is 34.9 Å². The van der Waals surface area contributed by atoms with Crippen LogP contribution in [0, 0.1) is 0 Å². The molecule has 1 aliphatic rings. The molecule has 1 aliphatic heterocycles. The Labute approximate surface area is 94.0 Å². The second kappa shape index (κ2) is 6.94. The minimum Gasteiger partial charge on any atom is -2.00 e. The fourth-order valence-corrected chi connectivity index (χ4v) is 1.08. The number of benzene rings is 1. The standard InChI is InChI=1S/C9H8O.2O.Sn/c1-2-6-9-8(4-1)5-3-7-10-9;;;/h1-4,6-7H,5H2;;;/q;2*-2;+4. The van der Waals surface area contributed by atoms with Crippen LogP contribution in [0.5, 0.6) is 5.75 Å². The van der Waals surface area contributed by atoms with Crippen LogP contribution in [0.4, 0.5) is 0 Å². The third-order valence-electron chi connectivity index (χ3n) is 1.60. The monoisotopic (exact) mass is 284 g/mol. The molecule has 0 N–H and O–H groups in total. The molecule has 0 unspecified atom stereocenters. The Morgan fingerprint density at radius 2 is 1.77 bits per heavy atom. The molecule has 66 valence electrons. The van der Waals surface area contributed by atoms with Crippen molar-refractivity contribution in [1.29, 1.82) is 0 Å². The third kappa shape index (κ3) is 3.38. The summed E-state index contributed by atoms with van der Waals surface area (Å²) in [6, 6.07) is 8.08. The summed E-state index contributed by atoms with van der Waals surface area (Å²) >= 11 is 0. The van der Waals surface area contributed by atoms with Crippen LogP contribution in [0.25, 0.3) is 0 Å². The molecular formula is C9H8O3Sn. The molecule has 0 aliphatic carbocycles. The molecule has 0 spiro atoms. The van der Waals surface area contributed by atoms with Crippen LogP contribution in [0.3, 0.4) is 0 Å². The summed E-state index contributed by atoms with van der Waals surface area (Å²) in [5, 5.41) is 0. The number of allylic oxidation sites excluding steroid dienone is 1. The predicted octanol–water partition coefficient (Wildman–Crippen LogP) is 1.52. The molecule has 0 saturated heterocycles. The van der Waals surface area contributed by atoms with Gasteiger partial charge in [-0.2, -0.15) is 0 Å². The minimum absolute atomic E-state index is 0. The van der Waals surface area contributed by atoms with Gasteiger partial charge in [-0.25, -0.2) is 0 Å². The fraction of sp³-hybridized carbons (Fsp3) is 0.111. The number of para-hydroxylation sites is 1. The summed E-state index contributed by atoms with van der Waals surface area (Å²) in [5.41, 5.74) is 1.27. The zero-order chi connectivity index (χ0) is 6.81. The molecule has 4 heteroatoms. The van der Waals surface area contributed by atoms with Crippen LogP contribution >= 0.6 is 0 Å². The van der Waals surface area contributed by atoms with Gasteiger partial charge in [-0.15, -0.1) is 0 Å². The second-order valence-corrected chi connectivity index (χ2v) is 2.30. The predicted molar refractivity (Wildman–Crippen MR) is 47.0 cm³/mol. The first kappa shape index (κ1) is 15.0. The van der Waals surface area contributed by atoms with Gasteiger partial charge in [0.25, 0.3) is 0 Å². The molecule has 1 aromatic rings. The van der Waals surface area contributed by atoms with Crippen molar-refractivity contribution in [3.63, 3.8) is 0 Å². The first-order chi connectivity index (χ1) is 4.97. The first-order valence-corrected chi connectivity index (χ1v) is 3.36. The Bertz CT molecular complexity index is 246. The van der Waals surface area contributed by atoms with E-state index in [0.717, 1.165) is 12.2 Å². The summed E-state index contributed by atoms with van der Waals surface area (Å²) in [7, 11) is 0. The van der Waals surface area contributed by atoms with Crippen molar-refractivity contribution in [3.05, 3.63) is 42.2 Å². The van der Waals surface area contributed by atoms with E-state index in [4.69, 9.17) is 4.74 Å². The van der Waals surface area contributed by atoms with E-state index in [0.29, 0.717) is 0 Å². The second-order valence-electron chi connectivity index (χ2n) is 2.30. The Balaban J connectivity index is 0. The minimum atomic E-state index is 0. The van der Waals surface area contributed by atoms with E-state index in [1.54, 1.807) is 6.26 Å². The van der Waals surface area contributed by atoms with Crippen molar-refractivity contribution in [3.8, 4) is 5.75 Å². The van der Waals surface area contributed by atoms with Crippen LogP contribution in [0.2, 0.25) is 0 Å². The summed E-state index contributed by atoms with van der Waals surface area (Å²) in [6.07, 6.45) is 4.75. The fourth-order valence-electron chi connectivity index (χ4n) is 1.08. The van der Waals surface area contributed by atoms with Crippen molar-refractivity contribution in [2.24, 2.45) is 0 Å². The van der Waals surface area contributed by atoms with Gasteiger partial charge in [-0.1, -0.05) is 18.2 Å². The van der Waals surface area contributed by atoms with Crippen molar-refractivity contribution in [1.82, 2.24) is 0 Å². The average Bonchev–Trinajstić information content (AvgIpc) is 2.05. The Kier molecular flexibility index (Phi) is 7.99. The Morgan fingerprint density at radius 3 is 2.46 bits per heavy atom. The maximum Gasteiger partial charge on any atom is 4.00 e. The van der Waals surface area contributed by atoms with Crippen LogP contribution in [0.1, 0.15) is 5.56 Å². The van der Waals surface area contributed by atoms with Gasteiger partial charge in [0, 0.05) is 0 Å². The van der Waals surface area contributed by atoms with Crippen LogP contribution < -0.4 is 4.74 Å². The van der Waals surface area contributed by atoms with Gasteiger partial charge in [0.15, 0.2) is 0 Å². The van der Waals surface area contributed by atoms with E-state index in [1.165, 1.54) is 5.56 Å². The SMILES string of the molecule is C1=COc2ccccc2C1.[O-2].[O-2].[Sn+4]. The molecule has 1 heterocycles. The number of fused-ring (bicyclic) bond motifs is 1. The van der Waals surface area contributed by atoms with Gasteiger partial charge in [0.2, 0.25) is 0 Å². The van der Waals surface area contributed by atoms with E-state index >= 15 is 0 Å². The van der Waals surface area contributed by atoms with Crippen LogP contribution in [-0.2, 0) is 17.4 Å². The number of hydrogen-bond donors (Lipinski definition) is 0. The zero-order valence-corrected chi connectivity index (χ0v) is 9.75. The summed E-state index contributed by atoms with van der Waals surface area (Å²) in [4.78, 5) is 0. The molecule has 13 heavy (non-hydrogen) atoms. The summed E-state index contributed by atoms with van der Waals surface area (Å²) in [5.74, 6) is 0.991. The Hall–Kier alpha value is -0.521. The number of ether oxygens (including phenoxy) is 1. The summed E-state index contributed by atoms with van der Waals surface area (Å²) in [6.45, 7) is 0. The molecule has 0 aromatic heterocycles. The van der Waals surface area contributed by atoms with Crippen LogP contribution in [0.15, 0.2) is 36.6 Å². The maximum atomic E-state index is 5.24. The normalized spacial score (nSPS) is 10.8. The third-order valence-corrected chi connectivity index (χ3v) is 1.60. The van der Waals surface area contributed by atoms with Crippen molar-refractivity contribution in [2.75, 3.05) is 0 Å². The molecule has 1 aromatic carbocycles. The summed E-state index contributed by atoms with van der Waals surface area (Å²) < 4.78 is 5.24. The molecule has 0 bridgehead atoms. The molecule has 0 radical (unpaired) electrons. The molecule has 0 amide bonds. The number of rotatable bonds is 0. The van der Waals surface area contributed by atoms with E-state index in [9.17, 15) is 0 Å². The maximum absolute atomic E-state index is 5.24.